The number of benzene rings is 2. The molecule has 4 aromatic rings. The molecule has 58 heavy (non-hydrogen) atoms. The second-order valence-corrected chi connectivity index (χ2v) is 14.8. The fraction of sp³-hybridized carbons (Fsp3) is 0.383. The molecule has 2 aromatic carbocycles. The van der Waals surface area contributed by atoms with E-state index < -0.39 is 17.8 Å². The maximum absolute atomic E-state index is 14.4. The molecule has 11 heteroatoms. The van der Waals surface area contributed by atoms with Crippen molar-refractivity contribution in [3.8, 4) is 17.0 Å². The molecule has 1 N–H and O–H groups in total. The van der Waals surface area contributed by atoms with Crippen molar-refractivity contribution in [3.63, 3.8) is 0 Å². The SMILES string of the molecule is C=CC(=O)OCCCC(F)(F)CCCOc1ccc(-c2cc3ccccc3n2Cc2c3c(n(C)c2=C2C=CC(OCCCC(F)(F)CCCO)=CC2)=CC=CC3)cc1. The number of para-hydroxylation sites is 1. The molecule has 308 valence electrons. The zero-order chi connectivity index (χ0) is 41.1. The van der Waals surface area contributed by atoms with Gasteiger partial charge in [-0.1, -0.05) is 43.0 Å². The molecule has 2 aromatic heterocycles. The molecule has 2 aliphatic rings. The molecule has 0 spiro atoms. The van der Waals surface area contributed by atoms with E-state index in [2.05, 4.69) is 65.3 Å². The summed E-state index contributed by atoms with van der Waals surface area (Å²) in [6.45, 7) is 3.94. The number of allylic oxidation sites excluding steroid dienone is 5. The number of aliphatic hydroxyl groups is 1. The molecule has 0 radical (unpaired) electrons. The lowest BCUT2D eigenvalue weighted by molar-refractivity contribution is -0.138. The van der Waals surface area contributed by atoms with Crippen molar-refractivity contribution in [3.05, 3.63) is 125 Å². The highest BCUT2D eigenvalue weighted by Crippen LogP contribution is 2.32. The van der Waals surface area contributed by atoms with Gasteiger partial charge in [0.05, 0.1) is 26.4 Å². The average molecular weight is 801 g/mol. The Morgan fingerprint density at radius 2 is 1.57 bits per heavy atom. The fourth-order valence-corrected chi connectivity index (χ4v) is 7.69. The highest BCUT2D eigenvalue weighted by atomic mass is 19.3. The molecule has 0 atom stereocenters. The van der Waals surface area contributed by atoms with Crippen molar-refractivity contribution in [2.75, 3.05) is 26.4 Å². The third kappa shape index (κ3) is 10.8. The number of hydrogen-bond donors (Lipinski definition) is 1. The molecule has 0 saturated carbocycles. The van der Waals surface area contributed by atoms with E-state index >= 15 is 0 Å². The van der Waals surface area contributed by atoms with Gasteiger partial charge in [0, 0.05) is 78.3 Å². The Bertz CT molecular complexity index is 2280. The quantitative estimate of drug-likeness (QED) is 0.0394. The van der Waals surface area contributed by atoms with E-state index in [0.717, 1.165) is 50.9 Å². The lowest BCUT2D eigenvalue weighted by atomic mass is 10.0. The Morgan fingerprint density at radius 3 is 2.26 bits per heavy atom. The van der Waals surface area contributed by atoms with Crippen LogP contribution in [0.4, 0.5) is 17.6 Å². The van der Waals surface area contributed by atoms with E-state index in [9.17, 15) is 22.4 Å². The zero-order valence-corrected chi connectivity index (χ0v) is 33.0. The zero-order valence-electron chi connectivity index (χ0n) is 33.0. The third-order valence-electron chi connectivity index (χ3n) is 10.6. The predicted octanol–water partition coefficient (Wildman–Crippen LogP) is 9.09. The number of halogens is 4. The monoisotopic (exact) mass is 800 g/mol. The summed E-state index contributed by atoms with van der Waals surface area (Å²) in [7, 11) is 2.10. The number of rotatable bonds is 21. The van der Waals surface area contributed by atoms with Gasteiger partial charge in [0.1, 0.15) is 11.5 Å². The van der Waals surface area contributed by atoms with Gasteiger partial charge in [-0.15, -0.1) is 0 Å². The molecule has 0 amide bonds. The molecule has 0 aliphatic heterocycles. The van der Waals surface area contributed by atoms with Crippen LogP contribution in [0.15, 0.2) is 103 Å². The first-order valence-electron chi connectivity index (χ1n) is 20.0. The molecule has 0 unspecified atom stereocenters. The Hall–Kier alpha value is -5.29. The Labute approximate surface area is 336 Å². The summed E-state index contributed by atoms with van der Waals surface area (Å²) in [5, 5.41) is 12.3. The van der Waals surface area contributed by atoms with Crippen LogP contribution in [0, 0.1) is 0 Å². The Kier molecular flexibility index (Phi) is 14.2. The van der Waals surface area contributed by atoms with Crippen molar-refractivity contribution in [1.82, 2.24) is 9.13 Å². The second kappa shape index (κ2) is 19.4. The van der Waals surface area contributed by atoms with Crippen LogP contribution in [-0.2, 0) is 34.3 Å². The number of ether oxygens (including phenoxy) is 3. The van der Waals surface area contributed by atoms with E-state index in [4.69, 9.17) is 19.3 Å². The van der Waals surface area contributed by atoms with Gasteiger partial charge in [-0.05, 0) is 110 Å². The summed E-state index contributed by atoms with van der Waals surface area (Å²) in [5.74, 6) is -5.03. The van der Waals surface area contributed by atoms with Crippen molar-refractivity contribution in [2.24, 2.45) is 7.05 Å². The van der Waals surface area contributed by atoms with E-state index in [1.165, 1.54) is 11.1 Å². The second-order valence-electron chi connectivity index (χ2n) is 14.8. The summed E-state index contributed by atoms with van der Waals surface area (Å²) in [5.41, 5.74) is 6.74. The van der Waals surface area contributed by atoms with Gasteiger partial charge in [-0.3, -0.25) is 0 Å². The number of fused-ring (bicyclic) bond motifs is 2. The minimum absolute atomic E-state index is 0.0662. The Balaban J connectivity index is 1.17. The number of nitrogens with zero attached hydrogens (tertiary/aromatic N) is 2. The Morgan fingerprint density at radius 1 is 0.879 bits per heavy atom. The number of alkyl halides is 4. The molecule has 0 fully saturated rings. The fourth-order valence-electron chi connectivity index (χ4n) is 7.69. The summed E-state index contributed by atoms with van der Waals surface area (Å²) in [4.78, 5) is 11.1. The van der Waals surface area contributed by atoms with E-state index in [1.54, 1.807) is 0 Å². The lowest BCUT2D eigenvalue weighted by Crippen LogP contribution is -2.27. The van der Waals surface area contributed by atoms with Gasteiger partial charge >= 0.3 is 5.97 Å². The number of carbonyl (C=O) groups excluding carboxylic acids is 1. The van der Waals surface area contributed by atoms with E-state index in [0.29, 0.717) is 24.5 Å². The standard InChI is InChI=1S/C47H52F4N2O5/c1-3-44(55)58-31-11-27-47(50,51)26-10-30-56-37-20-16-34(17-21-37)43-32-36-12-4-6-14-41(36)53(43)33-40-39-13-5-7-15-42(39)52(2)45(40)35-18-22-38(23-19-35)57-29-9-25-46(48,49)24-8-28-54/h3-7,12,14-18,20-23,32,54H,1,8-11,13,19,24-31,33H2,2H3. The minimum Gasteiger partial charge on any atom is -0.494 e. The summed E-state index contributed by atoms with van der Waals surface area (Å²) < 4.78 is 78.0. The average Bonchev–Trinajstić information content (AvgIpc) is 3.73. The molecule has 6 rings (SSSR count). The van der Waals surface area contributed by atoms with Crippen LogP contribution in [0.1, 0.15) is 68.9 Å². The van der Waals surface area contributed by atoms with Gasteiger partial charge in [-0.2, -0.15) is 0 Å². The molecule has 0 bridgehead atoms. The summed E-state index contributed by atoms with van der Waals surface area (Å²) in [6, 6.07) is 18.2. The van der Waals surface area contributed by atoms with Crippen LogP contribution < -0.4 is 15.4 Å². The van der Waals surface area contributed by atoms with Gasteiger partial charge in [0.15, 0.2) is 0 Å². The number of carbonyl (C=O) groups is 1. The van der Waals surface area contributed by atoms with Crippen molar-refractivity contribution in [1.29, 1.82) is 0 Å². The first kappa shape index (κ1) is 42.3. The molecule has 0 saturated heterocycles. The van der Waals surface area contributed by atoms with Crippen molar-refractivity contribution < 1.29 is 41.7 Å². The maximum atomic E-state index is 14.4. The number of aromatic nitrogens is 2. The smallest absolute Gasteiger partial charge is 0.330 e. The van der Waals surface area contributed by atoms with Crippen LogP contribution in [0.25, 0.3) is 33.8 Å². The maximum Gasteiger partial charge on any atom is 0.330 e. The summed E-state index contributed by atoms with van der Waals surface area (Å²) in [6.07, 6.45) is 14.1. The highest BCUT2D eigenvalue weighted by Gasteiger charge is 2.28. The molecule has 2 heterocycles. The lowest BCUT2D eigenvalue weighted by Gasteiger charge is -2.17. The van der Waals surface area contributed by atoms with Crippen LogP contribution in [-0.4, -0.2) is 58.5 Å². The largest absolute Gasteiger partial charge is 0.494 e. The highest BCUT2D eigenvalue weighted by molar-refractivity contribution is 5.87. The third-order valence-corrected chi connectivity index (χ3v) is 10.6. The molecule has 7 nitrogen and oxygen atoms in total. The first-order chi connectivity index (χ1) is 28.0. The van der Waals surface area contributed by atoms with E-state index in [1.807, 2.05) is 48.6 Å². The first-order valence-corrected chi connectivity index (χ1v) is 20.0. The van der Waals surface area contributed by atoms with Crippen LogP contribution in [0.5, 0.6) is 5.75 Å². The molecule has 2 aliphatic carbocycles. The normalized spacial score (nSPS) is 14.9. The van der Waals surface area contributed by atoms with Gasteiger partial charge in [-0.25, -0.2) is 22.4 Å². The van der Waals surface area contributed by atoms with Crippen LogP contribution >= 0.6 is 0 Å². The number of esters is 1. The van der Waals surface area contributed by atoms with Crippen LogP contribution in [0.2, 0.25) is 0 Å². The summed E-state index contributed by atoms with van der Waals surface area (Å²) >= 11 is 0. The number of hydrogen-bond acceptors (Lipinski definition) is 5. The molecular formula is C47H52F4N2O5. The van der Waals surface area contributed by atoms with Crippen molar-refractivity contribution >= 4 is 28.5 Å². The topological polar surface area (TPSA) is 74.9 Å². The number of aliphatic hydroxyl groups excluding tert-OH is 1. The minimum atomic E-state index is -2.88. The van der Waals surface area contributed by atoms with Gasteiger partial charge in [0.25, 0.3) is 0 Å². The van der Waals surface area contributed by atoms with Gasteiger partial charge < -0.3 is 28.5 Å². The van der Waals surface area contributed by atoms with E-state index in [-0.39, 0.29) is 77.8 Å². The van der Waals surface area contributed by atoms with Crippen molar-refractivity contribution in [2.45, 2.75) is 82.6 Å². The molecular weight excluding hydrogens is 749 g/mol. The van der Waals surface area contributed by atoms with Crippen LogP contribution in [0.3, 0.4) is 0 Å². The van der Waals surface area contributed by atoms with Gasteiger partial charge in [0.2, 0.25) is 11.8 Å². The predicted molar refractivity (Wildman–Crippen MR) is 220 cm³/mol.